The monoisotopic (exact) mass is 368 g/mol. The van der Waals surface area contributed by atoms with Crippen LogP contribution in [0.1, 0.15) is 41.8 Å². The number of amides is 2. The fraction of sp³-hybridized carbons (Fsp3) is 0.286. The summed E-state index contributed by atoms with van der Waals surface area (Å²) in [6, 6.07) is 13.6. The molecule has 2 aromatic rings. The van der Waals surface area contributed by atoms with Gasteiger partial charge in [-0.2, -0.15) is 0 Å². The quantitative estimate of drug-likeness (QED) is 0.667. The molecule has 142 valence electrons. The van der Waals surface area contributed by atoms with Crippen LogP contribution in [-0.4, -0.2) is 22.9 Å². The summed E-state index contributed by atoms with van der Waals surface area (Å²) < 4.78 is 0. The molecule has 2 aromatic carbocycles. The normalized spacial score (nSPS) is 10.5. The molecule has 0 aromatic heterocycles. The molecule has 0 atom stereocenters. The van der Waals surface area contributed by atoms with Gasteiger partial charge in [-0.3, -0.25) is 9.59 Å². The molecule has 0 aliphatic heterocycles. The molecule has 0 fully saturated rings. The zero-order chi connectivity index (χ0) is 19.8. The Balaban J connectivity index is 1.86. The average molecular weight is 368 g/mol. The van der Waals surface area contributed by atoms with Gasteiger partial charge >= 0.3 is 5.97 Å². The number of hydrogen-bond acceptors (Lipinski definition) is 3. The van der Waals surface area contributed by atoms with Crippen LogP contribution < -0.4 is 10.6 Å². The van der Waals surface area contributed by atoms with E-state index in [1.807, 2.05) is 38.1 Å². The zero-order valence-corrected chi connectivity index (χ0v) is 15.5. The predicted octanol–water partition coefficient (Wildman–Crippen LogP) is 3.23. The van der Waals surface area contributed by atoms with Crippen molar-refractivity contribution in [3.8, 4) is 0 Å². The van der Waals surface area contributed by atoms with Crippen molar-refractivity contribution in [3.63, 3.8) is 0 Å². The maximum atomic E-state index is 12.1. The summed E-state index contributed by atoms with van der Waals surface area (Å²) in [6.45, 7) is 4.32. The van der Waals surface area contributed by atoms with Crippen molar-refractivity contribution in [2.45, 2.75) is 33.2 Å². The molecular formula is C21H24N2O4. The highest BCUT2D eigenvalue weighted by Crippen LogP contribution is 2.12. The fourth-order valence-corrected chi connectivity index (χ4v) is 2.56. The van der Waals surface area contributed by atoms with Gasteiger partial charge in [-0.25, -0.2) is 4.79 Å². The molecule has 0 saturated heterocycles. The Morgan fingerprint density at radius 1 is 0.963 bits per heavy atom. The maximum absolute atomic E-state index is 12.1. The second-order valence-electron chi connectivity index (χ2n) is 6.80. The van der Waals surface area contributed by atoms with Gasteiger partial charge in [-0.15, -0.1) is 0 Å². The molecule has 0 unspecified atom stereocenters. The van der Waals surface area contributed by atoms with E-state index in [1.165, 1.54) is 12.1 Å². The Hall–Kier alpha value is -3.15. The summed E-state index contributed by atoms with van der Waals surface area (Å²) in [4.78, 5) is 34.8. The van der Waals surface area contributed by atoms with Crippen LogP contribution in [-0.2, 0) is 22.6 Å². The third-order valence-electron chi connectivity index (χ3n) is 3.86. The molecule has 3 N–H and O–H groups in total. The van der Waals surface area contributed by atoms with Gasteiger partial charge in [-0.05, 0) is 41.3 Å². The van der Waals surface area contributed by atoms with Gasteiger partial charge < -0.3 is 15.7 Å². The number of carboxylic acid groups (broad SMARTS) is 1. The van der Waals surface area contributed by atoms with Crippen LogP contribution in [0.25, 0.3) is 0 Å². The van der Waals surface area contributed by atoms with E-state index < -0.39 is 5.97 Å². The molecule has 2 rings (SSSR count). The van der Waals surface area contributed by atoms with Gasteiger partial charge in [0.1, 0.15) is 0 Å². The standard InChI is InChI=1S/C21H24N2O4/c1-14(2)10-20(25)23-18-5-3-4-16(11-18)13-22-19(24)12-15-6-8-17(9-7-15)21(26)27/h3-9,11,14H,10,12-13H2,1-2H3,(H,22,24)(H,23,25)(H,26,27). The SMILES string of the molecule is CC(C)CC(=O)Nc1cccc(CNC(=O)Cc2ccc(C(=O)O)cc2)c1. The third kappa shape index (κ3) is 6.93. The van der Waals surface area contributed by atoms with E-state index in [0.717, 1.165) is 11.1 Å². The first-order chi connectivity index (χ1) is 12.8. The van der Waals surface area contributed by atoms with Crippen LogP contribution in [0.2, 0.25) is 0 Å². The first kappa shape index (κ1) is 20.2. The van der Waals surface area contributed by atoms with Crippen LogP contribution in [0.5, 0.6) is 0 Å². The number of aromatic carboxylic acids is 1. The van der Waals surface area contributed by atoms with E-state index in [0.29, 0.717) is 18.7 Å². The summed E-state index contributed by atoms with van der Waals surface area (Å²) in [5.41, 5.74) is 2.52. The first-order valence-electron chi connectivity index (χ1n) is 8.81. The lowest BCUT2D eigenvalue weighted by atomic mass is 10.1. The predicted molar refractivity (Wildman–Crippen MR) is 103 cm³/mol. The lowest BCUT2D eigenvalue weighted by Crippen LogP contribution is -2.24. The van der Waals surface area contributed by atoms with Crippen LogP contribution in [0.15, 0.2) is 48.5 Å². The Morgan fingerprint density at radius 3 is 2.30 bits per heavy atom. The van der Waals surface area contributed by atoms with E-state index in [1.54, 1.807) is 12.1 Å². The molecule has 0 spiro atoms. The largest absolute Gasteiger partial charge is 0.478 e. The number of anilines is 1. The smallest absolute Gasteiger partial charge is 0.335 e. The third-order valence-corrected chi connectivity index (χ3v) is 3.86. The summed E-state index contributed by atoms with van der Waals surface area (Å²) in [5.74, 6) is -0.897. The Morgan fingerprint density at radius 2 is 1.67 bits per heavy atom. The summed E-state index contributed by atoms with van der Waals surface area (Å²) in [5, 5.41) is 14.6. The van der Waals surface area contributed by atoms with Crippen molar-refractivity contribution < 1.29 is 19.5 Å². The summed E-state index contributed by atoms with van der Waals surface area (Å²) in [6.07, 6.45) is 0.631. The van der Waals surface area contributed by atoms with Crippen LogP contribution in [0.3, 0.4) is 0 Å². The Bertz CT molecular complexity index is 813. The molecule has 0 aliphatic carbocycles. The van der Waals surface area contributed by atoms with Crippen molar-refractivity contribution in [1.82, 2.24) is 5.32 Å². The second kappa shape index (κ2) is 9.52. The molecule has 2 amide bonds. The molecule has 27 heavy (non-hydrogen) atoms. The van der Waals surface area contributed by atoms with Gasteiger partial charge in [0.05, 0.1) is 12.0 Å². The fourth-order valence-electron chi connectivity index (χ4n) is 2.56. The van der Waals surface area contributed by atoms with Crippen molar-refractivity contribution in [2.75, 3.05) is 5.32 Å². The average Bonchev–Trinajstić information content (AvgIpc) is 2.60. The lowest BCUT2D eigenvalue weighted by Gasteiger charge is -2.10. The Kier molecular flexibility index (Phi) is 7.11. The second-order valence-corrected chi connectivity index (χ2v) is 6.80. The van der Waals surface area contributed by atoms with Crippen molar-refractivity contribution in [3.05, 3.63) is 65.2 Å². The number of carbonyl (C=O) groups excluding carboxylic acids is 2. The molecule has 0 bridgehead atoms. The lowest BCUT2D eigenvalue weighted by molar-refractivity contribution is -0.120. The highest BCUT2D eigenvalue weighted by Gasteiger charge is 2.08. The summed E-state index contributed by atoms with van der Waals surface area (Å²) in [7, 11) is 0. The minimum Gasteiger partial charge on any atom is -0.478 e. The van der Waals surface area contributed by atoms with Gasteiger partial charge in [0.15, 0.2) is 0 Å². The van der Waals surface area contributed by atoms with Gasteiger partial charge in [0, 0.05) is 18.7 Å². The van der Waals surface area contributed by atoms with Crippen molar-refractivity contribution in [2.24, 2.45) is 5.92 Å². The molecule has 6 nitrogen and oxygen atoms in total. The maximum Gasteiger partial charge on any atom is 0.335 e. The van der Waals surface area contributed by atoms with Crippen molar-refractivity contribution in [1.29, 1.82) is 0 Å². The molecule has 0 heterocycles. The minimum atomic E-state index is -0.994. The number of nitrogens with one attached hydrogen (secondary N) is 2. The van der Waals surface area contributed by atoms with Crippen LogP contribution >= 0.6 is 0 Å². The highest BCUT2D eigenvalue weighted by molar-refractivity contribution is 5.91. The molecule has 0 radical (unpaired) electrons. The molecule has 0 aliphatic rings. The minimum absolute atomic E-state index is 0.0315. The topological polar surface area (TPSA) is 95.5 Å². The molecule has 0 saturated carbocycles. The Labute approximate surface area is 158 Å². The van der Waals surface area contributed by atoms with Crippen LogP contribution in [0.4, 0.5) is 5.69 Å². The van der Waals surface area contributed by atoms with Crippen molar-refractivity contribution >= 4 is 23.5 Å². The highest BCUT2D eigenvalue weighted by atomic mass is 16.4. The number of benzene rings is 2. The van der Waals surface area contributed by atoms with E-state index in [4.69, 9.17) is 5.11 Å². The number of rotatable bonds is 8. The van der Waals surface area contributed by atoms with E-state index in [2.05, 4.69) is 10.6 Å². The van der Waals surface area contributed by atoms with Gasteiger partial charge in [0.25, 0.3) is 0 Å². The number of hydrogen-bond donors (Lipinski definition) is 3. The van der Waals surface area contributed by atoms with Crippen LogP contribution in [0, 0.1) is 5.92 Å². The van der Waals surface area contributed by atoms with E-state index in [9.17, 15) is 14.4 Å². The molecular weight excluding hydrogens is 344 g/mol. The summed E-state index contributed by atoms with van der Waals surface area (Å²) >= 11 is 0. The van der Waals surface area contributed by atoms with E-state index in [-0.39, 0.29) is 29.7 Å². The van der Waals surface area contributed by atoms with E-state index >= 15 is 0 Å². The molecule has 6 heteroatoms. The zero-order valence-electron chi connectivity index (χ0n) is 15.5. The number of carbonyl (C=O) groups is 3. The van der Waals surface area contributed by atoms with Gasteiger partial charge in [0.2, 0.25) is 11.8 Å². The first-order valence-corrected chi connectivity index (χ1v) is 8.81. The van der Waals surface area contributed by atoms with Gasteiger partial charge in [-0.1, -0.05) is 38.1 Å². The number of carboxylic acids is 1.